The van der Waals surface area contributed by atoms with Gasteiger partial charge < -0.3 is 25.8 Å². The Morgan fingerprint density at radius 2 is 1.77 bits per heavy atom. The van der Waals surface area contributed by atoms with Gasteiger partial charge in [-0.15, -0.1) is 0 Å². The van der Waals surface area contributed by atoms with E-state index >= 15 is 0 Å². The van der Waals surface area contributed by atoms with Crippen molar-refractivity contribution in [2.24, 2.45) is 5.73 Å². The summed E-state index contributed by atoms with van der Waals surface area (Å²) in [5.41, 5.74) is 5.98. The molecule has 0 aliphatic heterocycles. The lowest BCUT2D eigenvalue weighted by atomic mass is 10.2. The average molecular weight is 309 g/mol. The number of nitrogens with one attached hydrogen (secondary N) is 2. The highest BCUT2D eigenvalue weighted by Crippen LogP contribution is 2.10. The quantitative estimate of drug-likeness (QED) is 0.553. The van der Waals surface area contributed by atoms with E-state index in [0.29, 0.717) is 24.4 Å². The van der Waals surface area contributed by atoms with Gasteiger partial charge in [0.15, 0.2) is 0 Å². The highest BCUT2D eigenvalue weighted by molar-refractivity contribution is 5.94. The van der Waals surface area contributed by atoms with E-state index in [1.165, 1.54) is 7.11 Å². The Labute approximate surface area is 130 Å². The first-order valence-corrected chi connectivity index (χ1v) is 7.02. The molecule has 4 N–H and O–H groups in total. The monoisotopic (exact) mass is 309 g/mol. The largest absolute Gasteiger partial charge is 0.497 e. The van der Waals surface area contributed by atoms with Crippen LogP contribution in [0.5, 0.6) is 5.75 Å². The summed E-state index contributed by atoms with van der Waals surface area (Å²) in [5.74, 6) is 0.334. The molecule has 22 heavy (non-hydrogen) atoms. The fourth-order valence-electron chi connectivity index (χ4n) is 1.76. The van der Waals surface area contributed by atoms with Crippen LogP contribution in [-0.4, -0.2) is 51.8 Å². The summed E-state index contributed by atoms with van der Waals surface area (Å²) in [6.45, 7) is 0.983. The molecule has 7 nitrogen and oxygen atoms in total. The molecule has 1 atom stereocenters. The van der Waals surface area contributed by atoms with Crippen molar-refractivity contribution in [2.75, 3.05) is 33.9 Å². The highest BCUT2D eigenvalue weighted by atomic mass is 16.5. The van der Waals surface area contributed by atoms with Crippen LogP contribution in [0.25, 0.3) is 0 Å². The standard InChI is InChI=1S/C15H23N3O4/c1-21-12-5-3-11(4-6-12)15(20)18-8-7-17-14(19)9-13(10-16)22-2/h3-6,13H,7-10,16H2,1-2H3,(H,17,19)(H,18,20). The molecular formula is C15H23N3O4. The highest BCUT2D eigenvalue weighted by Gasteiger charge is 2.11. The van der Waals surface area contributed by atoms with Gasteiger partial charge >= 0.3 is 0 Å². The van der Waals surface area contributed by atoms with E-state index in [0.717, 1.165) is 0 Å². The van der Waals surface area contributed by atoms with Crippen LogP contribution in [-0.2, 0) is 9.53 Å². The maximum atomic E-state index is 11.9. The Morgan fingerprint density at radius 1 is 1.14 bits per heavy atom. The van der Waals surface area contributed by atoms with E-state index < -0.39 is 0 Å². The molecule has 122 valence electrons. The maximum absolute atomic E-state index is 11.9. The summed E-state index contributed by atoms with van der Waals surface area (Å²) < 4.78 is 10.1. The van der Waals surface area contributed by atoms with Crippen molar-refractivity contribution in [3.8, 4) is 5.75 Å². The normalized spacial score (nSPS) is 11.6. The van der Waals surface area contributed by atoms with Crippen LogP contribution in [0.15, 0.2) is 24.3 Å². The van der Waals surface area contributed by atoms with E-state index in [1.807, 2.05) is 0 Å². The van der Waals surface area contributed by atoms with E-state index in [4.69, 9.17) is 15.2 Å². The van der Waals surface area contributed by atoms with Gasteiger partial charge in [0.25, 0.3) is 5.91 Å². The van der Waals surface area contributed by atoms with Crippen LogP contribution >= 0.6 is 0 Å². The van der Waals surface area contributed by atoms with Gasteiger partial charge in [0.1, 0.15) is 5.75 Å². The Morgan fingerprint density at radius 3 is 2.32 bits per heavy atom. The van der Waals surface area contributed by atoms with Gasteiger partial charge in [-0.1, -0.05) is 0 Å². The second-order valence-electron chi connectivity index (χ2n) is 4.63. The molecule has 7 heteroatoms. The van der Waals surface area contributed by atoms with Crippen molar-refractivity contribution in [3.63, 3.8) is 0 Å². The number of benzene rings is 1. The summed E-state index contributed by atoms with van der Waals surface area (Å²) in [7, 11) is 3.08. The molecule has 1 rings (SSSR count). The number of hydrogen-bond donors (Lipinski definition) is 3. The summed E-state index contributed by atoms with van der Waals surface area (Å²) in [6, 6.07) is 6.79. The smallest absolute Gasteiger partial charge is 0.251 e. The minimum absolute atomic E-state index is 0.156. The fourth-order valence-corrected chi connectivity index (χ4v) is 1.76. The van der Waals surface area contributed by atoms with E-state index in [1.54, 1.807) is 31.4 Å². The van der Waals surface area contributed by atoms with E-state index in [9.17, 15) is 9.59 Å². The van der Waals surface area contributed by atoms with Gasteiger partial charge in [-0.2, -0.15) is 0 Å². The molecule has 0 saturated carbocycles. The van der Waals surface area contributed by atoms with Gasteiger partial charge in [0, 0.05) is 32.3 Å². The first kappa shape index (κ1) is 17.9. The number of carbonyl (C=O) groups is 2. The predicted molar refractivity (Wildman–Crippen MR) is 82.8 cm³/mol. The summed E-state index contributed by atoms with van der Waals surface area (Å²) in [4.78, 5) is 23.4. The minimum Gasteiger partial charge on any atom is -0.497 e. The zero-order chi connectivity index (χ0) is 16.4. The molecular weight excluding hydrogens is 286 g/mol. The number of rotatable bonds is 9. The van der Waals surface area contributed by atoms with Gasteiger partial charge in [-0.25, -0.2) is 0 Å². The summed E-state index contributed by atoms with van der Waals surface area (Å²) in [5, 5.41) is 5.42. The molecule has 0 aliphatic carbocycles. The Kier molecular flexibility index (Phi) is 7.95. The van der Waals surface area contributed by atoms with Crippen LogP contribution in [0.2, 0.25) is 0 Å². The zero-order valence-electron chi connectivity index (χ0n) is 12.9. The second-order valence-corrected chi connectivity index (χ2v) is 4.63. The van der Waals surface area contributed by atoms with Gasteiger partial charge in [-0.05, 0) is 24.3 Å². The predicted octanol–water partition coefficient (Wildman–Crippen LogP) is -0.0950. The molecule has 0 aliphatic rings. The van der Waals surface area contributed by atoms with Crippen LogP contribution in [0.4, 0.5) is 0 Å². The lowest BCUT2D eigenvalue weighted by Gasteiger charge is -2.12. The molecule has 0 aromatic heterocycles. The zero-order valence-corrected chi connectivity index (χ0v) is 12.9. The molecule has 0 fully saturated rings. The third kappa shape index (κ3) is 6.11. The average Bonchev–Trinajstić information content (AvgIpc) is 2.56. The van der Waals surface area contributed by atoms with Crippen molar-refractivity contribution < 1.29 is 19.1 Å². The number of hydrogen-bond acceptors (Lipinski definition) is 5. The number of nitrogens with two attached hydrogens (primary N) is 1. The van der Waals surface area contributed by atoms with Gasteiger partial charge in [0.2, 0.25) is 5.91 Å². The summed E-state index contributed by atoms with van der Waals surface area (Å²) in [6.07, 6.45) is -0.0757. The Bertz CT molecular complexity index is 472. The fraction of sp³-hybridized carbons (Fsp3) is 0.467. The molecule has 0 bridgehead atoms. The lowest BCUT2D eigenvalue weighted by molar-refractivity contribution is -0.123. The third-order valence-electron chi connectivity index (χ3n) is 3.09. The van der Waals surface area contributed by atoms with Crippen LogP contribution in [0, 0.1) is 0 Å². The SMILES string of the molecule is COc1ccc(C(=O)NCCNC(=O)CC(CN)OC)cc1. The molecule has 2 amide bonds. The molecule has 0 spiro atoms. The van der Waals surface area contributed by atoms with Gasteiger partial charge in [-0.3, -0.25) is 9.59 Å². The van der Waals surface area contributed by atoms with Crippen molar-refractivity contribution in [3.05, 3.63) is 29.8 Å². The van der Waals surface area contributed by atoms with Crippen molar-refractivity contribution >= 4 is 11.8 Å². The molecule has 1 aromatic rings. The number of amides is 2. The molecule has 0 saturated heterocycles. The molecule has 1 unspecified atom stereocenters. The van der Waals surface area contributed by atoms with Crippen molar-refractivity contribution in [1.29, 1.82) is 0 Å². The maximum Gasteiger partial charge on any atom is 0.251 e. The van der Waals surface area contributed by atoms with Gasteiger partial charge in [0.05, 0.1) is 19.6 Å². The van der Waals surface area contributed by atoms with E-state index in [-0.39, 0.29) is 30.9 Å². The van der Waals surface area contributed by atoms with Crippen LogP contribution in [0.1, 0.15) is 16.8 Å². The Hall–Kier alpha value is -2.12. The first-order valence-electron chi connectivity index (χ1n) is 7.02. The van der Waals surface area contributed by atoms with Crippen LogP contribution in [0.3, 0.4) is 0 Å². The molecule has 0 heterocycles. The molecule has 1 aromatic carbocycles. The topological polar surface area (TPSA) is 103 Å². The van der Waals surface area contributed by atoms with Crippen LogP contribution < -0.4 is 21.1 Å². The number of methoxy groups -OCH3 is 2. The minimum atomic E-state index is -0.283. The first-order chi connectivity index (χ1) is 10.6. The number of ether oxygens (including phenoxy) is 2. The van der Waals surface area contributed by atoms with Crippen molar-refractivity contribution in [2.45, 2.75) is 12.5 Å². The second kappa shape index (κ2) is 9.75. The summed E-state index contributed by atoms with van der Waals surface area (Å²) >= 11 is 0. The number of carbonyl (C=O) groups excluding carboxylic acids is 2. The van der Waals surface area contributed by atoms with E-state index in [2.05, 4.69) is 10.6 Å². The third-order valence-corrected chi connectivity index (χ3v) is 3.09. The molecule has 0 radical (unpaired) electrons. The van der Waals surface area contributed by atoms with Crippen molar-refractivity contribution in [1.82, 2.24) is 10.6 Å². The lowest BCUT2D eigenvalue weighted by Crippen LogP contribution is -2.37. The Balaban J connectivity index is 2.25.